The van der Waals surface area contributed by atoms with E-state index in [4.69, 9.17) is 0 Å². The van der Waals surface area contributed by atoms with Crippen LogP contribution in [0, 0.1) is 0 Å². The maximum Gasteiger partial charge on any atom is 0.246 e. The minimum Gasteiger partial charge on any atom is -0.338 e. The number of hydrogen-bond acceptors (Lipinski definition) is 6. The fraction of sp³-hybridized carbons (Fsp3) is 0.286. The molecule has 29 heavy (non-hydrogen) atoms. The quantitative estimate of drug-likeness (QED) is 0.675. The number of anilines is 2. The van der Waals surface area contributed by atoms with E-state index in [0.717, 1.165) is 36.6 Å². The van der Waals surface area contributed by atoms with Gasteiger partial charge in [0, 0.05) is 56.9 Å². The van der Waals surface area contributed by atoms with E-state index >= 15 is 0 Å². The van der Waals surface area contributed by atoms with Crippen LogP contribution in [0.5, 0.6) is 0 Å². The van der Waals surface area contributed by atoms with Crippen molar-refractivity contribution in [2.75, 3.05) is 18.4 Å². The number of nitrogens with zero attached hydrogens (tertiary/aromatic N) is 6. The summed E-state index contributed by atoms with van der Waals surface area (Å²) in [7, 11) is 1.85. The molecule has 1 aliphatic heterocycles. The van der Waals surface area contributed by atoms with Gasteiger partial charge in [-0.1, -0.05) is 6.07 Å². The number of carbonyl (C=O) groups is 1. The Kier molecular flexibility index (Phi) is 5.60. The van der Waals surface area contributed by atoms with E-state index in [1.54, 1.807) is 41.6 Å². The normalized spacial score (nSPS) is 16.9. The molecule has 1 N–H and O–H groups in total. The van der Waals surface area contributed by atoms with Crippen molar-refractivity contribution in [3.63, 3.8) is 0 Å². The Morgan fingerprint density at radius 2 is 2.03 bits per heavy atom. The summed E-state index contributed by atoms with van der Waals surface area (Å²) in [6, 6.07) is 7.55. The van der Waals surface area contributed by atoms with Crippen LogP contribution in [0.2, 0.25) is 0 Å². The van der Waals surface area contributed by atoms with Crippen LogP contribution >= 0.6 is 0 Å². The minimum absolute atomic E-state index is 0.000902. The SMILES string of the molecule is Cn1nccc1/C=C/C(=O)N1CCCC(c2nccnc2Nc2ccccn2)C1. The van der Waals surface area contributed by atoms with E-state index in [0.29, 0.717) is 12.4 Å². The van der Waals surface area contributed by atoms with Gasteiger partial charge in [0.15, 0.2) is 5.82 Å². The Bertz CT molecular complexity index is 999. The first-order valence-electron chi connectivity index (χ1n) is 9.64. The van der Waals surface area contributed by atoms with Gasteiger partial charge in [-0.25, -0.2) is 9.97 Å². The highest BCUT2D eigenvalue weighted by Gasteiger charge is 2.27. The van der Waals surface area contributed by atoms with Crippen LogP contribution in [0.1, 0.15) is 30.1 Å². The fourth-order valence-electron chi connectivity index (χ4n) is 3.51. The number of aryl methyl sites for hydroxylation is 1. The smallest absolute Gasteiger partial charge is 0.246 e. The van der Waals surface area contributed by atoms with Gasteiger partial charge in [-0.15, -0.1) is 0 Å². The van der Waals surface area contributed by atoms with Gasteiger partial charge < -0.3 is 10.2 Å². The molecule has 1 aliphatic rings. The lowest BCUT2D eigenvalue weighted by Crippen LogP contribution is -2.38. The molecule has 4 rings (SSSR count). The van der Waals surface area contributed by atoms with Crippen molar-refractivity contribution < 1.29 is 4.79 Å². The Balaban J connectivity index is 1.48. The third-order valence-electron chi connectivity index (χ3n) is 5.01. The molecule has 8 nitrogen and oxygen atoms in total. The summed E-state index contributed by atoms with van der Waals surface area (Å²) in [5.74, 6) is 1.53. The average Bonchev–Trinajstić information content (AvgIpc) is 3.18. The lowest BCUT2D eigenvalue weighted by molar-refractivity contribution is -0.127. The monoisotopic (exact) mass is 389 g/mol. The van der Waals surface area contributed by atoms with Gasteiger partial charge in [0.1, 0.15) is 5.82 Å². The van der Waals surface area contributed by atoms with E-state index in [2.05, 4.69) is 25.4 Å². The highest BCUT2D eigenvalue weighted by atomic mass is 16.2. The van der Waals surface area contributed by atoms with Crippen molar-refractivity contribution in [3.05, 3.63) is 66.5 Å². The third kappa shape index (κ3) is 4.48. The number of pyridine rings is 1. The van der Waals surface area contributed by atoms with E-state index in [1.165, 1.54) is 0 Å². The van der Waals surface area contributed by atoms with E-state index in [9.17, 15) is 4.79 Å². The summed E-state index contributed by atoms with van der Waals surface area (Å²) in [4.78, 5) is 27.9. The highest BCUT2D eigenvalue weighted by molar-refractivity contribution is 5.91. The zero-order chi connectivity index (χ0) is 20.1. The summed E-state index contributed by atoms with van der Waals surface area (Å²) < 4.78 is 1.73. The largest absolute Gasteiger partial charge is 0.338 e. The van der Waals surface area contributed by atoms with Crippen molar-refractivity contribution in [2.45, 2.75) is 18.8 Å². The number of likely N-dealkylation sites (tertiary alicyclic amines) is 1. The highest BCUT2D eigenvalue weighted by Crippen LogP contribution is 2.30. The number of nitrogens with one attached hydrogen (secondary N) is 1. The standard InChI is InChI=1S/C21H23N7O/c1-27-17(9-11-25-27)7-8-19(29)28-14-4-5-16(15-28)20-21(24-13-12-23-20)26-18-6-2-3-10-22-18/h2-3,6-13,16H,4-5,14-15H2,1H3,(H,22,24,26)/b8-7+. The molecule has 0 aromatic carbocycles. The first kappa shape index (κ1) is 18.8. The summed E-state index contributed by atoms with van der Waals surface area (Å²) in [5, 5.41) is 7.37. The molecule has 148 valence electrons. The molecule has 0 saturated carbocycles. The molecule has 0 bridgehead atoms. The molecule has 1 atom stereocenters. The molecule has 4 heterocycles. The predicted octanol–water partition coefficient (Wildman–Crippen LogP) is 2.77. The van der Waals surface area contributed by atoms with Gasteiger partial charge >= 0.3 is 0 Å². The van der Waals surface area contributed by atoms with Gasteiger partial charge in [0.2, 0.25) is 5.91 Å². The molecule has 1 unspecified atom stereocenters. The maximum atomic E-state index is 12.7. The van der Waals surface area contributed by atoms with Crippen molar-refractivity contribution >= 4 is 23.6 Å². The predicted molar refractivity (Wildman–Crippen MR) is 110 cm³/mol. The molecule has 8 heteroatoms. The average molecular weight is 389 g/mol. The summed E-state index contributed by atoms with van der Waals surface area (Å²) in [6.07, 6.45) is 12.1. The second kappa shape index (κ2) is 8.64. The third-order valence-corrected chi connectivity index (χ3v) is 5.01. The van der Waals surface area contributed by atoms with Gasteiger partial charge in [-0.05, 0) is 37.1 Å². The van der Waals surface area contributed by atoms with Crippen LogP contribution in [-0.4, -0.2) is 48.6 Å². The lowest BCUT2D eigenvalue weighted by Gasteiger charge is -2.32. The molecule has 1 amide bonds. The summed E-state index contributed by atoms with van der Waals surface area (Å²) >= 11 is 0. The molecule has 1 fully saturated rings. The Hall–Kier alpha value is -3.55. The number of carbonyl (C=O) groups excluding carboxylic acids is 1. The molecule has 1 saturated heterocycles. The first-order chi connectivity index (χ1) is 14.2. The van der Waals surface area contributed by atoms with Crippen molar-refractivity contribution in [2.24, 2.45) is 7.05 Å². The van der Waals surface area contributed by atoms with Crippen LogP contribution in [0.4, 0.5) is 11.6 Å². The first-order valence-corrected chi connectivity index (χ1v) is 9.64. The number of aromatic nitrogens is 5. The summed E-state index contributed by atoms with van der Waals surface area (Å²) in [5.41, 5.74) is 1.76. The Labute approximate surface area is 169 Å². The molecule has 0 spiro atoms. The zero-order valence-corrected chi connectivity index (χ0v) is 16.3. The topological polar surface area (TPSA) is 88.8 Å². The Morgan fingerprint density at radius 3 is 2.83 bits per heavy atom. The van der Waals surface area contributed by atoms with Crippen LogP contribution in [-0.2, 0) is 11.8 Å². The zero-order valence-electron chi connectivity index (χ0n) is 16.3. The van der Waals surface area contributed by atoms with Gasteiger partial charge in [-0.2, -0.15) is 5.10 Å². The molecule has 3 aromatic heterocycles. The molecule has 0 aliphatic carbocycles. The second-order valence-electron chi connectivity index (χ2n) is 6.97. The molecule has 3 aromatic rings. The summed E-state index contributed by atoms with van der Waals surface area (Å²) in [6.45, 7) is 1.36. The molecular weight excluding hydrogens is 366 g/mol. The van der Waals surface area contributed by atoms with Crippen LogP contribution < -0.4 is 5.32 Å². The van der Waals surface area contributed by atoms with Crippen molar-refractivity contribution in [3.8, 4) is 0 Å². The van der Waals surface area contributed by atoms with Crippen molar-refractivity contribution in [1.29, 1.82) is 0 Å². The van der Waals surface area contributed by atoms with Crippen LogP contribution in [0.25, 0.3) is 6.08 Å². The number of rotatable bonds is 5. The maximum absolute atomic E-state index is 12.7. The number of piperidine rings is 1. The van der Waals surface area contributed by atoms with Gasteiger partial charge in [-0.3, -0.25) is 14.5 Å². The molecular formula is C21H23N7O. The van der Waals surface area contributed by atoms with Gasteiger partial charge in [0.25, 0.3) is 0 Å². The number of amides is 1. The van der Waals surface area contributed by atoms with Crippen LogP contribution in [0.3, 0.4) is 0 Å². The van der Waals surface area contributed by atoms with Crippen molar-refractivity contribution in [1.82, 2.24) is 29.6 Å². The second-order valence-corrected chi connectivity index (χ2v) is 6.97. The van der Waals surface area contributed by atoms with E-state index in [1.807, 2.05) is 36.2 Å². The minimum atomic E-state index is -0.000902. The molecule has 0 radical (unpaired) electrons. The lowest BCUT2D eigenvalue weighted by atomic mass is 9.94. The van der Waals surface area contributed by atoms with E-state index < -0.39 is 0 Å². The van der Waals surface area contributed by atoms with E-state index in [-0.39, 0.29) is 11.8 Å². The Morgan fingerprint density at radius 1 is 1.14 bits per heavy atom. The van der Waals surface area contributed by atoms with Crippen LogP contribution in [0.15, 0.2) is 55.1 Å². The number of hydrogen-bond donors (Lipinski definition) is 1. The fourth-order valence-corrected chi connectivity index (χ4v) is 3.51. The van der Waals surface area contributed by atoms with Gasteiger partial charge in [0.05, 0.1) is 11.4 Å².